The van der Waals surface area contributed by atoms with E-state index in [9.17, 15) is 0 Å². The number of ether oxygens (including phenoxy) is 1. The Morgan fingerprint density at radius 2 is 2.17 bits per heavy atom. The second-order valence-corrected chi connectivity index (χ2v) is 5.44. The van der Waals surface area contributed by atoms with Crippen LogP contribution in [0.25, 0.3) is 5.57 Å². The number of hydrogen-bond acceptors (Lipinski definition) is 3. The molecule has 0 aliphatic carbocycles. The van der Waals surface area contributed by atoms with Crippen molar-refractivity contribution in [3.8, 4) is 11.8 Å². The molecule has 1 heterocycles. The van der Waals surface area contributed by atoms with Gasteiger partial charge in [-0.2, -0.15) is 5.26 Å². The molecule has 1 aliphatic heterocycles. The predicted octanol–water partition coefficient (Wildman–Crippen LogP) is 4.28. The summed E-state index contributed by atoms with van der Waals surface area (Å²) < 4.78 is 5.82. The molecule has 2 rings (SSSR count). The Morgan fingerprint density at radius 3 is 2.83 bits per heavy atom. The molecule has 92 valence electrons. The maximum absolute atomic E-state index is 9.15. The zero-order chi connectivity index (χ0) is 13.1. The standard InChI is InChI=1S/C15H15NOS/c1-4-18-15(9-16)14-8-11(3)12-7-10(2)5-6-13(12)17-14/h5-8H,4H2,1-3H3/b15-14+. The van der Waals surface area contributed by atoms with Gasteiger partial charge in [0.05, 0.1) is 0 Å². The second kappa shape index (κ2) is 5.32. The van der Waals surface area contributed by atoms with Gasteiger partial charge in [-0.05, 0) is 43.4 Å². The van der Waals surface area contributed by atoms with Crippen molar-refractivity contribution in [1.29, 1.82) is 5.26 Å². The molecule has 1 aliphatic rings. The monoisotopic (exact) mass is 257 g/mol. The summed E-state index contributed by atoms with van der Waals surface area (Å²) in [5.41, 5.74) is 3.46. The molecule has 0 N–H and O–H groups in total. The van der Waals surface area contributed by atoms with Crippen molar-refractivity contribution in [3.05, 3.63) is 46.1 Å². The summed E-state index contributed by atoms with van der Waals surface area (Å²) in [6.45, 7) is 6.14. The third kappa shape index (κ3) is 2.44. The Hall–Kier alpha value is -1.66. The fraction of sp³-hybridized carbons (Fsp3) is 0.267. The Kier molecular flexibility index (Phi) is 3.78. The molecule has 1 aromatic carbocycles. The van der Waals surface area contributed by atoms with Gasteiger partial charge in [-0.1, -0.05) is 18.6 Å². The van der Waals surface area contributed by atoms with Crippen LogP contribution < -0.4 is 4.74 Å². The first-order valence-electron chi connectivity index (χ1n) is 5.90. The van der Waals surface area contributed by atoms with E-state index in [-0.39, 0.29) is 0 Å². The highest BCUT2D eigenvalue weighted by molar-refractivity contribution is 8.03. The summed E-state index contributed by atoms with van der Waals surface area (Å²) in [7, 11) is 0. The number of thioether (sulfide) groups is 1. The molecule has 0 bridgehead atoms. The molecule has 18 heavy (non-hydrogen) atoms. The second-order valence-electron chi connectivity index (χ2n) is 4.17. The van der Waals surface area contributed by atoms with Crippen molar-refractivity contribution in [2.75, 3.05) is 5.75 Å². The predicted molar refractivity (Wildman–Crippen MR) is 76.2 cm³/mol. The molecule has 0 aromatic heterocycles. The molecule has 0 unspecified atom stereocenters. The number of allylic oxidation sites excluding steroid dienone is 3. The van der Waals surface area contributed by atoms with E-state index >= 15 is 0 Å². The highest BCUT2D eigenvalue weighted by Gasteiger charge is 2.17. The lowest BCUT2D eigenvalue weighted by atomic mass is 10.0. The zero-order valence-corrected chi connectivity index (χ0v) is 11.6. The minimum Gasteiger partial charge on any atom is -0.455 e. The highest BCUT2D eigenvalue weighted by atomic mass is 32.2. The Morgan fingerprint density at radius 1 is 1.39 bits per heavy atom. The smallest absolute Gasteiger partial charge is 0.151 e. The Bertz CT molecular complexity index is 579. The van der Waals surface area contributed by atoms with Crippen LogP contribution in [0.1, 0.15) is 25.0 Å². The van der Waals surface area contributed by atoms with E-state index < -0.39 is 0 Å². The maximum Gasteiger partial charge on any atom is 0.151 e. The molecule has 0 spiro atoms. The number of rotatable bonds is 2. The zero-order valence-electron chi connectivity index (χ0n) is 10.8. The topological polar surface area (TPSA) is 33.0 Å². The van der Waals surface area contributed by atoms with Crippen molar-refractivity contribution in [2.24, 2.45) is 0 Å². The van der Waals surface area contributed by atoms with Crippen LogP contribution in [0.3, 0.4) is 0 Å². The summed E-state index contributed by atoms with van der Waals surface area (Å²) in [4.78, 5) is 0.642. The molecular weight excluding hydrogens is 242 g/mol. The fourth-order valence-corrected chi connectivity index (χ4v) is 2.47. The van der Waals surface area contributed by atoms with Gasteiger partial charge in [0.25, 0.3) is 0 Å². The molecule has 2 nitrogen and oxygen atoms in total. The third-order valence-electron chi connectivity index (χ3n) is 2.74. The van der Waals surface area contributed by atoms with E-state index in [1.54, 1.807) is 0 Å². The molecule has 0 fully saturated rings. The minimum absolute atomic E-state index is 0.642. The lowest BCUT2D eigenvalue weighted by Crippen LogP contribution is -2.04. The summed E-state index contributed by atoms with van der Waals surface area (Å²) in [6, 6.07) is 8.30. The summed E-state index contributed by atoms with van der Waals surface area (Å²) >= 11 is 1.51. The van der Waals surface area contributed by atoms with Gasteiger partial charge < -0.3 is 4.74 Å². The van der Waals surface area contributed by atoms with Gasteiger partial charge in [0.15, 0.2) is 5.76 Å². The average Bonchev–Trinajstić information content (AvgIpc) is 2.36. The quantitative estimate of drug-likeness (QED) is 0.741. The van der Waals surface area contributed by atoms with Crippen LogP contribution in [0.15, 0.2) is 34.9 Å². The number of nitrogens with zero attached hydrogens (tertiary/aromatic N) is 1. The SMILES string of the molecule is CCS/C(C#N)=C1\C=C(C)c2cc(C)ccc2O1. The molecule has 3 heteroatoms. The van der Waals surface area contributed by atoms with E-state index in [2.05, 4.69) is 19.1 Å². The van der Waals surface area contributed by atoms with E-state index in [0.29, 0.717) is 10.7 Å². The number of nitriles is 1. The van der Waals surface area contributed by atoms with Crippen LogP contribution in [0, 0.1) is 18.3 Å². The largest absolute Gasteiger partial charge is 0.455 e. The molecule has 0 saturated heterocycles. The van der Waals surface area contributed by atoms with E-state index in [0.717, 1.165) is 22.6 Å². The third-order valence-corrected chi connectivity index (χ3v) is 3.61. The maximum atomic E-state index is 9.15. The number of aryl methyl sites for hydroxylation is 1. The van der Waals surface area contributed by atoms with Crippen LogP contribution in [0.4, 0.5) is 0 Å². The summed E-state index contributed by atoms with van der Waals surface area (Å²) in [5.74, 6) is 2.36. The van der Waals surface area contributed by atoms with Crippen LogP contribution >= 0.6 is 11.8 Å². The number of benzene rings is 1. The molecule has 1 aromatic rings. The number of hydrogen-bond donors (Lipinski definition) is 0. The van der Waals surface area contributed by atoms with E-state index in [1.807, 2.05) is 32.1 Å². The lowest BCUT2D eigenvalue weighted by Gasteiger charge is -2.19. The van der Waals surface area contributed by atoms with Gasteiger partial charge in [0.2, 0.25) is 0 Å². The normalized spacial score (nSPS) is 16.2. The molecule has 0 amide bonds. The molecule has 0 saturated carbocycles. The highest BCUT2D eigenvalue weighted by Crippen LogP contribution is 2.36. The van der Waals surface area contributed by atoms with Gasteiger partial charge >= 0.3 is 0 Å². The average molecular weight is 257 g/mol. The van der Waals surface area contributed by atoms with E-state index in [1.165, 1.54) is 17.3 Å². The van der Waals surface area contributed by atoms with Crippen LogP contribution in [0.2, 0.25) is 0 Å². The lowest BCUT2D eigenvalue weighted by molar-refractivity contribution is 0.437. The summed E-state index contributed by atoms with van der Waals surface area (Å²) in [5, 5.41) is 9.15. The minimum atomic E-state index is 0.642. The fourth-order valence-electron chi connectivity index (χ4n) is 1.88. The van der Waals surface area contributed by atoms with Crippen LogP contribution in [0.5, 0.6) is 5.75 Å². The van der Waals surface area contributed by atoms with Crippen molar-refractivity contribution in [3.63, 3.8) is 0 Å². The van der Waals surface area contributed by atoms with Gasteiger partial charge in [-0.15, -0.1) is 11.8 Å². The first-order chi connectivity index (χ1) is 8.65. The van der Waals surface area contributed by atoms with Crippen molar-refractivity contribution >= 4 is 17.3 Å². The Balaban J connectivity index is 2.48. The first kappa shape index (κ1) is 12.8. The van der Waals surface area contributed by atoms with Crippen LogP contribution in [-0.4, -0.2) is 5.75 Å². The summed E-state index contributed by atoms with van der Waals surface area (Å²) in [6.07, 6.45) is 1.95. The van der Waals surface area contributed by atoms with Gasteiger partial charge in [-0.3, -0.25) is 0 Å². The molecular formula is C15H15NOS. The van der Waals surface area contributed by atoms with Gasteiger partial charge in [0, 0.05) is 5.56 Å². The van der Waals surface area contributed by atoms with Crippen molar-refractivity contribution < 1.29 is 4.74 Å². The first-order valence-corrected chi connectivity index (χ1v) is 6.88. The Labute approximate surface area is 112 Å². The van der Waals surface area contributed by atoms with Gasteiger partial charge in [0.1, 0.15) is 16.7 Å². The van der Waals surface area contributed by atoms with Crippen molar-refractivity contribution in [1.82, 2.24) is 0 Å². The van der Waals surface area contributed by atoms with Gasteiger partial charge in [-0.25, -0.2) is 0 Å². The van der Waals surface area contributed by atoms with E-state index in [4.69, 9.17) is 10.00 Å². The number of fused-ring (bicyclic) bond motifs is 1. The van der Waals surface area contributed by atoms with Crippen LogP contribution in [-0.2, 0) is 0 Å². The molecule has 0 radical (unpaired) electrons. The molecule has 0 atom stereocenters. The van der Waals surface area contributed by atoms with Crippen molar-refractivity contribution in [2.45, 2.75) is 20.8 Å².